The van der Waals surface area contributed by atoms with Crippen LogP contribution in [-0.2, 0) is 6.54 Å². The van der Waals surface area contributed by atoms with Crippen LogP contribution < -0.4 is 10.6 Å². The monoisotopic (exact) mass is 276 g/mol. The van der Waals surface area contributed by atoms with E-state index in [0.717, 1.165) is 17.3 Å². The van der Waals surface area contributed by atoms with E-state index in [4.69, 9.17) is 0 Å². The van der Waals surface area contributed by atoms with Crippen molar-refractivity contribution in [3.05, 3.63) is 29.6 Å². The third-order valence-corrected chi connectivity index (χ3v) is 3.23. The summed E-state index contributed by atoms with van der Waals surface area (Å²) in [7, 11) is 1.80. The summed E-state index contributed by atoms with van der Waals surface area (Å²) in [6.45, 7) is 7.14. The number of pyridine rings is 1. The van der Waals surface area contributed by atoms with Crippen molar-refractivity contribution in [2.45, 2.75) is 59.0 Å². The molecular formula is C16H28N4. The van der Waals surface area contributed by atoms with Crippen LogP contribution in [0.1, 0.15) is 50.9 Å². The van der Waals surface area contributed by atoms with Gasteiger partial charge in [0.15, 0.2) is 5.96 Å². The van der Waals surface area contributed by atoms with Gasteiger partial charge in [-0.2, -0.15) is 0 Å². The first-order valence-corrected chi connectivity index (χ1v) is 7.55. The lowest BCUT2D eigenvalue weighted by Crippen LogP contribution is -2.41. The fourth-order valence-electron chi connectivity index (χ4n) is 2.07. The van der Waals surface area contributed by atoms with Crippen molar-refractivity contribution in [2.24, 2.45) is 4.99 Å². The summed E-state index contributed by atoms with van der Waals surface area (Å²) < 4.78 is 0. The van der Waals surface area contributed by atoms with E-state index in [0.29, 0.717) is 12.6 Å². The fourth-order valence-corrected chi connectivity index (χ4v) is 2.07. The Morgan fingerprint density at radius 2 is 2.15 bits per heavy atom. The average Bonchev–Trinajstić information content (AvgIpc) is 2.44. The molecule has 0 amide bonds. The molecule has 0 saturated heterocycles. The van der Waals surface area contributed by atoms with Crippen LogP contribution in [0, 0.1) is 6.92 Å². The van der Waals surface area contributed by atoms with Crippen LogP contribution in [0.3, 0.4) is 0 Å². The lowest BCUT2D eigenvalue weighted by atomic mass is 10.1. The molecule has 1 heterocycles. The van der Waals surface area contributed by atoms with Crippen molar-refractivity contribution in [3.63, 3.8) is 0 Å². The maximum atomic E-state index is 4.47. The summed E-state index contributed by atoms with van der Waals surface area (Å²) in [5.74, 6) is 0.845. The van der Waals surface area contributed by atoms with E-state index in [1.54, 1.807) is 7.05 Å². The van der Waals surface area contributed by atoms with Crippen LogP contribution in [0.2, 0.25) is 0 Å². The van der Waals surface area contributed by atoms with Gasteiger partial charge in [-0.3, -0.25) is 9.98 Å². The van der Waals surface area contributed by atoms with Crippen molar-refractivity contribution < 1.29 is 0 Å². The average molecular weight is 276 g/mol. The Labute approximate surface area is 123 Å². The quantitative estimate of drug-likeness (QED) is 0.457. The number of guanidine groups is 1. The number of unbranched alkanes of at least 4 members (excludes halogenated alkanes) is 2. The molecule has 1 atom stereocenters. The molecule has 0 aromatic carbocycles. The van der Waals surface area contributed by atoms with E-state index in [1.165, 1.54) is 25.7 Å². The Bertz CT molecular complexity index is 415. The summed E-state index contributed by atoms with van der Waals surface area (Å²) in [6, 6.07) is 6.51. The molecule has 4 heteroatoms. The maximum Gasteiger partial charge on any atom is 0.191 e. The standard InChI is InChI=1S/C16H28N4/c1-5-6-7-9-14(3)20-16(17-4)18-12-15-11-8-10-13(2)19-15/h8,10-11,14H,5-7,9,12H2,1-4H3,(H2,17,18,20). The Kier molecular flexibility index (Phi) is 7.70. The molecule has 1 unspecified atom stereocenters. The lowest BCUT2D eigenvalue weighted by Gasteiger charge is -2.17. The van der Waals surface area contributed by atoms with Crippen LogP contribution in [-0.4, -0.2) is 24.0 Å². The number of rotatable bonds is 7. The van der Waals surface area contributed by atoms with Crippen LogP contribution >= 0.6 is 0 Å². The SMILES string of the molecule is CCCCCC(C)NC(=NC)NCc1cccc(C)n1. The molecule has 2 N–H and O–H groups in total. The topological polar surface area (TPSA) is 49.3 Å². The zero-order valence-electron chi connectivity index (χ0n) is 13.2. The number of aliphatic imine (C=N–C) groups is 1. The van der Waals surface area contributed by atoms with Gasteiger partial charge in [0.25, 0.3) is 0 Å². The molecule has 1 rings (SSSR count). The molecule has 0 aliphatic heterocycles. The number of aromatic nitrogens is 1. The molecule has 0 bridgehead atoms. The minimum atomic E-state index is 0.443. The van der Waals surface area contributed by atoms with E-state index >= 15 is 0 Å². The van der Waals surface area contributed by atoms with E-state index in [-0.39, 0.29) is 0 Å². The highest BCUT2D eigenvalue weighted by Gasteiger charge is 2.05. The zero-order valence-corrected chi connectivity index (χ0v) is 13.2. The van der Waals surface area contributed by atoms with Crippen molar-refractivity contribution in [3.8, 4) is 0 Å². The Morgan fingerprint density at radius 1 is 1.35 bits per heavy atom. The number of aryl methyl sites for hydroxylation is 1. The van der Waals surface area contributed by atoms with Crippen molar-refractivity contribution in [1.82, 2.24) is 15.6 Å². The van der Waals surface area contributed by atoms with Gasteiger partial charge >= 0.3 is 0 Å². The lowest BCUT2D eigenvalue weighted by molar-refractivity contribution is 0.546. The van der Waals surface area contributed by atoms with E-state index in [9.17, 15) is 0 Å². The summed E-state index contributed by atoms with van der Waals surface area (Å²) in [6.07, 6.45) is 5.00. The van der Waals surface area contributed by atoms with Crippen molar-refractivity contribution in [2.75, 3.05) is 7.05 Å². The highest BCUT2D eigenvalue weighted by molar-refractivity contribution is 5.79. The summed E-state index contributed by atoms with van der Waals surface area (Å²) in [5.41, 5.74) is 2.08. The van der Waals surface area contributed by atoms with Crippen LogP contribution in [0.15, 0.2) is 23.2 Å². The summed E-state index contributed by atoms with van der Waals surface area (Å²) in [5, 5.41) is 6.73. The zero-order chi connectivity index (χ0) is 14.8. The number of hydrogen-bond donors (Lipinski definition) is 2. The largest absolute Gasteiger partial charge is 0.354 e. The second-order valence-electron chi connectivity index (χ2n) is 5.24. The van der Waals surface area contributed by atoms with Crippen LogP contribution in [0.25, 0.3) is 0 Å². The van der Waals surface area contributed by atoms with E-state index < -0.39 is 0 Å². The first-order chi connectivity index (χ1) is 9.65. The van der Waals surface area contributed by atoms with Gasteiger partial charge in [0.2, 0.25) is 0 Å². The first kappa shape index (κ1) is 16.5. The van der Waals surface area contributed by atoms with E-state index in [2.05, 4.69) is 34.5 Å². The Morgan fingerprint density at radius 3 is 2.80 bits per heavy atom. The molecule has 112 valence electrons. The minimum Gasteiger partial charge on any atom is -0.354 e. The normalized spacial score (nSPS) is 13.1. The predicted molar refractivity (Wildman–Crippen MR) is 85.9 cm³/mol. The summed E-state index contributed by atoms with van der Waals surface area (Å²) >= 11 is 0. The van der Waals surface area contributed by atoms with Gasteiger partial charge in [0.05, 0.1) is 12.2 Å². The molecule has 0 spiro atoms. The van der Waals surface area contributed by atoms with Gasteiger partial charge in [-0.25, -0.2) is 0 Å². The van der Waals surface area contributed by atoms with Gasteiger partial charge in [-0.05, 0) is 32.4 Å². The highest BCUT2D eigenvalue weighted by Crippen LogP contribution is 2.03. The molecule has 0 aliphatic carbocycles. The Hall–Kier alpha value is -1.58. The van der Waals surface area contributed by atoms with Crippen molar-refractivity contribution in [1.29, 1.82) is 0 Å². The van der Waals surface area contributed by atoms with Gasteiger partial charge in [0, 0.05) is 18.8 Å². The van der Waals surface area contributed by atoms with Crippen LogP contribution in [0.4, 0.5) is 0 Å². The van der Waals surface area contributed by atoms with Gasteiger partial charge in [-0.15, -0.1) is 0 Å². The molecule has 0 fully saturated rings. The fraction of sp³-hybridized carbons (Fsp3) is 0.625. The minimum absolute atomic E-state index is 0.443. The second kappa shape index (κ2) is 9.34. The number of nitrogens with zero attached hydrogens (tertiary/aromatic N) is 2. The van der Waals surface area contributed by atoms with Gasteiger partial charge in [-0.1, -0.05) is 32.3 Å². The predicted octanol–water partition coefficient (Wildman–Crippen LogP) is 3.02. The third kappa shape index (κ3) is 6.55. The maximum absolute atomic E-state index is 4.47. The van der Waals surface area contributed by atoms with Crippen molar-refractivity contribution >= 4 is 5.96 Å². The molecule has 0 aliphatic rings. The number of nitrogens with one attached hydrogen (secondary N) is 2. The Balaban J connectivity index is 2.36. The molecule has 0 radical (unpaired) electrons. The second-order valence-corrected chi connectivity index (χ2v) is 5.24. The van der Waals surface area contributed by atoms with Gasteiger partial charge < -0.3 is 10.6 Å². The molecule has 1 aromatic rings. The number of hydrogen-bond acceptors (Lipinski definition) is 2. The van der Waals surface area contributed by atoms with Gasteiger partial charge in [0.1, 0.15) is 0 Å². The highest BCUT2D eigenvalue weighted by atomic mass is 15.2. The summed E-state index contributed by atoms with van der Waals surface area (Å²) in [4.78, 5) is 8.73. The van der Waals surface area contributed by atoms with E-state index in [1.807, 2.05) is 25.1 Å². The molecule has 20 heavy (non-hydrogen) atoms. The first-order valence-electron chi connectivity index (χ1n) is 7.55. The third-order valence-electron chi connectivity index (χ3n) is 3.23. The van der Waals surface area contributed by atoms with Crippen LogP contribution in [0.5, 0.6) is 0 Å². The molecule has 0 saturated carbocycles. The molecule has 1 aromatic heterocycles. The smallest absolute Gasteiger partial charge is 0.191 e. The molecule has 4 nitrogen and oxygen atoms in total. The molecular weight excluding hydrogens is 248 g/mol.